The lowest BCUT2D eigenvalue weighted by Crippen LogP contribution is -2.00. The number of carbonyl (C=O) groups is 1. The average Bonchev–Trinajstić information content (AvgIpc) is 2.84. The summed E-state index contributed by atoms with van der Waals surface area (Å²) < 4.78 is 0. The predicted molar refractivity (Wildman–Crippen MR) is 93.9 cm³/mol. The second-order valence-corrected chi connectivity index (χ2v) is 6.19. The van der Waals surface area contributed by atoms with E-state index >= 15 is 0 Å². The van der Waals surface area contributed by atoms with Crippen LogP contribution in [0.25, 0.3) is 10.9 Å². The van der Waals surface area contributed by atoms with Crippen LogP contribution in [0.3, 0.4) is 0 Å². The van der Waals surface area contributed by atoms with Gasteiger partial charge in [-0.2, -0.15) is 0 Å². The molecule has 0 fully saturated rings. The van der Waals surface area contributed by atoms with E-state index in [0.717, 1.165) is 34.0 Å². The van der Waals surface area contributed by atoms with Crippen molar-refractivity contribution in [3.63, 3.8) is 0 Å². The molecule has 0 radical (unpaired) electrons. The minimum Gasteiger partial charge on any atom is -0.478 e. The first-order chi connectivity index (χ1) is 11.0. The molecule has 0 saturated heterocycles. The smallest absolute Gasteiger partial charge is 0.335 e. The van der Waals surface area contributed by atoms with Gasteiger partial charge in [0.25, 0.3) is 0 Å². The average molecular weight is 348 g/mol. The molecule has 0 atom stereocenters. The third kappa shape index (κ3) is 2.94. The van der Waals surface area contributed by atoms with E-state index in [-0.39, 0.29) is 5.56 Å². The molecule has 5 heteroatoms. The third-order valence-corrected chi connectivity index (χ3v) is 4.66. The Hall–Kier alpha value is -1.97. The first-order valence-electron chi connectivity index (χ1n) is 7.31. The lowest BCUT2D eigenvalue weighted by Gasteiger charge is -2.09. The number of aromatic carboxylic acids is 1. The van der Waals surface area contributed by atoms with Crippen LogP contribution >= 0.6 is 23.2 Å². The molecule has 0 aliphatic carbocycles. The molecule has 2 N–H and O–H groups in total. The molecule has 0 bridgehead atoms. The number of carboxylic acid groups (broad SMARTS) is 1. The van der Waals surface area contributed by atoms with E-state index in [1.54, 1.807) is 12.1 Å². The van der Waals surface area contributed by atoms with Crippen molar-refractivity contribution in [2.75, 3.05) is 0 Å². The summed E-state index contributed by atoms with van der Waals surface area (Å²) in [4.78, 5) is 14.5. The summed E-state index contributed by atoms with van der Waals surface area (Å²) in [5, 5.41) is 11.6. The van der Waals surface area contributed by atoms with Crippen molar-refractivity contribution in [1.82, 2.24) is 4.98 Å². The molecule has 0 amide bonds. The number of halogens is 2. The second kappa shape index (κ2) is 6.26. The van der Waals surface area contributed by atoms with Crippen molar-refractivity contribution < 1.29 is 9.90 Å². The minimum atomic E-state index is -0.962. The van der Waals surface area contributed by atoms with Gasteiger partial charge in [0.05, 0.1) is 5.56 Å². The molecule has 1 aromatic heterocycles. The topological polar surface area (TPSA) is 53.1 Å². The van der Waals surface area contributed by atoms with E-state index in [0.29, 0.717) is 16.6 Å². The molecule has 0 spiro atoms. The molecule has 0 aliphatic heterocycles. The zero-order valence-electron chi connectivity index (χ0n) is 12.5. The number of H-pyrrole nitrogens is 1. The molecule has 2 aromatic carbocycles. The molecule has 118 valence electrons. The Bertz CT molecular complexity index is 899. The number of rotatable bonds is 4. The van der Waals surface area contributed by atoms with Gasteiger partial charge in [0.15, 0.2) is 0 Å². The van der Waals surface area contributed by atoms with Gasteiger partial charge in [-0.15, -0.1) is 0 Å². The van der Waals surface area contributed by atoms with Gasteiger partial charge in [-0.3, -0.25) is 0 Å². The fourth-order valence-electron chi connectivity index (χ4n) is 2.90. The Morgan fingerprint density at radius 2 is 1.91 bits per heavy atom. The Morgan fingerprint density at radius 1 is 1.17 bits per heavy atom. The molecule has 3 aromatic rings. The van der Waals surface area contributed by atoms with Crippen LogP contribution in [0.4, 0.5) is 0 Å². The Morgan fingerprint density at radius 3 is 2.57 bits per heavy atom. The zero-order chi connectivity index (χ0) is 16.6. The number of hydrogen-bond acceptors (Lipinski definition) is 1. The fraction of sp³-hybridized carbons (Fsp3) is 0.167. The van der Waals surface area contributed by atoms with Gasteiger partial charge in [0.2, 0.25) is 0 Å². The summed E-state index contributed by atoms with van der Waals surface area (Å²) >= 11 is 12.5. The van der Waals surface area contributed by atoms with Crippen molar-refractivity contribution in [2.45, 2.75) is 19.8 Å². The summed E-state index contributed by atoms with van der Waals surface area (Å²) in [6, 6.07) is 10.9. The van der Waals surface area contributed by atoms with Gasteiger partial charge in [0, 0.05) is 15.9 Å². The van der Waals surface area contributed by atoms with Gasteiger partial charge >= 0.3 is 5.97 Å². The molecule has 0 aliphatic rings. The van der Waals surface area contributed by atoms with Crippen LogP contribution in [0, 0.1) is 0 Å². The maximum Gasteiger partial charge on any atom is 0.335 e. The molecule has 0 unspecified atom stereocenters. The highest BCUT2D eigenvalue weighted by Crippen LogP contribution is 2.33. The highest BCUT2D eigenvalue weighted by molar-refractivity contribution is 6.32. The summed E-state index contributed by atoms with van der Waals surface area (Å²) in [5.74, 6) is -0.962. The summed E-state index contributed by atoms with van der Waals surface area (Å²) in [6.45, 7) is 2.03. The van der Waals surface area contributed by atoms with E-state index in [2.05, 4.69) is 4.98 Å². The van der Waals surface area contributed by atoms with Crippen LogP contribution in [0.5, 0.6) is 0 Å². The van der Waals surface area contributed by atoms with Gasteiger partial charge in [-0.05, 0) is 47.7 Å². The van der Waals surface area contributed by atoms with E-state index in [1.165, 1.54) is 0 Å². The van der Waals surface area contributed by atoms with Gasteiger partial charge in [-0.1, -0.05) is 48.3 Å². The maximum atomic E-state index is 11.4. The third-order valence-electron chi connectivity index (χ3n) is 3.97. The molecule has 3 nitrogen and oxygen atoms in total. The van der Waals surface area contributed by atoms with Crippen molar-refractivity contribution >= 4 is 40.1 Å². The largest absolute Gasteiger partial charge is 0.478 e. The predicted octanol–water partition coefficient (Wildman–Crippen LogP) is 5.33. The second-order valence-electron chi connectivity index (χ2n) is 5.40. The summed E-state index contributed by atoms with van der Waals surface area (Å²) in [5.41, 5.74) is 3.85. The fourth-order valence-corrected chi connectivity index (χ4v) is 3.43. The summed E-state index contributed by atoms with van der Waals surface area (Å²) in [7, 11) is 0. The van der Waals surface area contributed by atoms with Gasteiger partial charge in [-0.25, -0.2) is 4.79 Å². The number of hydrogen-bond donors (Lipinski definition) is 2. The maximum absolute atomic E-state index is 11.4. The molecule has 0 saturated carbocycles. The Labute approximate surface area is 143 Å². The lowest BCUT2D eigenvalue weighted by atomic mass is 9.96. The number of aryl methyl sites for hydroxylation is 1. The number of nitrogens with one attached hydrogen (secondary N) is 1. The molecule has 1 heterocycles. The van der Waals surface area contributed by atoms with Crippen molar-refractivity contribution in [2.24, 2.45) is 0 Å². The first kappa shape index (κ1) is 15.9. The molecular formula is C18H15Cl2NO2. The van der Waals surface area contributed by atoms with E-state index in [1.807, 2.05) is 31.2 Å². The van der Waals surface area contributed by atoms with Crippen molar-refractivity contribution in [3.05, 3.63) is 68.8 Å². The van der Waals surface area contributed by atoms with E-state index < -0.39 is 5.97 Å². The number of aromatic amines is 1. The SMILES string of the molecule is CCc1c(Cl)[nH]c2cc(C(=O)O)cc(Cc3ccccc3Cl)c12. The van der Waals surface area contributed by atoms with E-state index in [9.17, 15) is 9.90 Å². The first-order valence-corrected chi connectivity index (χ1v) is 8.06. The Kier molecular flexibility index (Phi) is 4.33. The van der Waals surface area contributed by atoms with Crippen LogP contribution in [0.15, 0.2) is 36.4 Å². The van der Waals surface area contributed by atoms with Crippen LogP contribution in [-0.2, 0) is 12.8 Å². The highest BCUT2D eigenvalue weighted by Gasteiger charge is 2.17. The molecule has 3 rings (SSSR count). The molecular weight excluding hydrogens is 333 g/mol. The van der Waals surface area contributed by atoms with Gasteiger partial charge < -0.3 is 10.1 Å². The number of aromatic nitrogens is 1. The quantitative estimate of drug-likeness (QED) is 0.670. The lowest BCUT2D eigenvalue weighted by molar-refractivity contribution is 0.0697. The Balaban J connectivity index is 2.24. The van der Waals surface area contributed by atoms with Crippen LogP contribution < -0.4 is 0 Å². The van der Waals surface area contributed by atoms with Crippen molar-refractivity contribution in [1.29, 1.82) is 0 Å². The summed E-state index contributed by atoms with van der Waals surface area (Å²) in [6.07, 6.45) is 1.32. The van der Waals surface area contributed by atoms with E-state index in [4.69, 9.17) is 23.2 Å². The van der Waals surface area contributed by atoms with Gasteiger partial charge in [0.1, 0.15) is 5.15 Å². The monoisotopic (exact) mass is 347 g/mol. The number of fused-ring (bicyclic) bond motifs is 1. The van der Waals surface area contributed by atoms with Crippen LogP contribution in [0.2, 0.25) is 10.2 Å². The number of benzene rings is 2. The standard InChI is InChI=1S/C18H15Cl2NO2/c1-2-13-16-11(7-10-5-3-4-6-14(10)19)8-12(18(22)23)9-15(16)21-17(13)20/h3-6,8-9,21H,2,7H2,1H3,(H,22,23). The van der Waals surface area contributed by atoms with Crippen molar-refractivity contribution in [3.8, 4) is 0 Å². The number of carboxylic acids is 1. The normalized spacial score (nSPS) is 11.1. The zero-order valence-corrected chi connectivity index (χ0v) is 14.0. The minimum absolute atomic E-state index is 0.236. The highest BCUT2D eigenvalue weighted by atomic mass is 35.5. The van der Waals surface area contributed by atoms with Crippen LogP contribution in [0.1, 0.15) is 34.0 Å². The molecule has 23 heavy (non-hydrogen) atoms. The van der Waals surface area contributed by atoms with Crippen LogP contribution in [-0.4, -0.2) is 16.1 Å².